The van der Waals surface area contributed by atoms with Crippen molar-refractivity contribution in [1.29, 1.82) is 0 Å². The van der Waals surface area contributed by atoms with Crippen molar-refractivity contribution in [3.8, 4) is 0 Å². The topological polar surface area (TPSA) is 42.6 Å². The Labute approximate surface area is 228 Å². The van der Waals surface area contributed by atoms with E-state index in [2.05, 4.69) is 64.2 Å². The second-order valence-electron chi connectivity index (χ2n) is 11.2. The molecule has 0 saturated carbocycles. The summed E-state index contributed by atoms with van der Waals surface area (Å²) in [5.74, 6) is -3.72. The molecule has 0 atom stereocenters. The number of carbonyl (C=O) groups is 1. The average Bonchev–Trinajstić information content (AvgIpc) is 3.38. The lowest BCUT2D eigenvalue weighted by Crippen LogP contribution is -2.55. The van der Waals surface area contributed by atoms with E-state index in [1.165, 1.54) is 22.5 Å². The van der Waals surface area contributed by atoms with Gasteiger partial charge in [0.05, 0.1) is 0 Å². The zero-order valence-corrected chi connectivity index (χ0v) is 22.7. The van der Waals surface area contributed by atoms with Crippen molar-refractivity contribution in [1.82, 2.24) is 19.9 Å². The highest BCUT2D eigenvalue weighted by atomic mass is 19.2. The van der Waals surface area contributed by atoms with Crippen molar-refractivity contribution >= 4 is 16.7 Å². The van der Waals surface area contributed by atoms with Crippen LogP contribution in [0.5, 0.6) is 0 Å². The average molecular weight is 539 g/mol. The molecule has 3 aromatic rings. The first-order chi connectivity index (χ1) is 18.8. The van der Waals surface area contributed by atoms with E-state index < -0.39 is 23.2 Å². The van der Waals surface area contributed by atoms with Crippen LogP contribution in [0.25, 0.3) is 10.9 Å². The van der Waals surface area contributed by atoms with E-state index in [1.54, 1.807) is 6.20 Å². The van der Waals surface area contributed by atoms with Gasteiger partial charge in [-0.15, -0.1) is 0 Å². The molecule has 2 saturated heterocycles. The molecule has 2 aromatic carbocycles. The molecule has 5 rings (SSSR count). The number of para-hydroxylation sites is 1. The minimum Gasteiger partial charge on any atom is -0.377 e. The quantitative estimate of drug-likeness (QED) is 0.202. The molecule has 2 fully saturated rings. The number of halogens is 3. The van der Waals surface area contributed by atoms with Gasteiger partial charge in [0.1, 0.15) is 0 Å². The Balaban J connectivity index is 1.17. The maximum absolute atomic E-state index is 13.5. The molecule has 1 N–H and O–H groups in total. The first-order valence-electron chi connectivity index (χ1n) is 14.0. The maximum Gasteiger partial charge on any atom is 0.194 e. The number of ketones is 1. The summed E-state index contributed by atoms with van der Waals surface area (Å²) < 4.78 is 40.2. The molecular formula is C31H37F3N4O. The van der Waals surface area contributed by atoms with Crippen LogP contribution in [0, 0.1) is 23.4 Å². The maximum atomic E-state index is 13.5. The fraction of sp³-hybridized carbons (Fsp3) is 0.452. The molecule has 0 radical (unpaired) electrons. The minimum atomic E-state index is -1.56. The summed E-state index contributed by atoms with van der Waals surface area (Å²) in [6.07, 6.45) is 9.38. The summed E-state index contributed by atoms with van der Waals surface area (Å²) in [4.78, 5) is 17.9. The molecule has 8 heteroatoms. The fourth-order valence-corrected chi connectivity index (χ4v) is 6.04. The van der Waals surface area contributed by atoms with E-state index in [4.69, 9.17) is 0 Å². The Bertz CT molecular complexity index is 1300. The number of fused-ring (bicyclic) bond motifs is 1. The Hall–Kier alpha value is -3.10. The van der Waals surface area contributed by atoms with Gasteiger partial charge in [0.25, 0.3) is 0 Å². The first kappa shape index (κ1) is 27.5. The van der Waals surface area contributed by atoms with Gasteiger partial charge < -0.3 is 9.88 Å². The number of nitrogens with zero attached hydrogens (tertiary/aromatic N) is 3. The van der Waals surface area contributed by atoms with Crippen molar-refractivity contribution in [3.05, 3.63) is 83.4 Å². The number of allylic oxidation sites excluding steroid dienone is 1. The minimum absolute atomic E-state index is 0.198. The van der Waals surface area contributed by atoms with Crippen LogP contribution in [0.1, 0.15) is 61.4 Å². The number of hydrogen-bond donors (Lipinski definition) is 1. The van der Waals surface area contributed by atoms with Crippen LogP contribution in [0.4, 0.5) is 13.2 Å². The van der Waals surface area contributed by atoms with Gasteiger partial charge in [-0.25, -0.2) is 23.2 Å². The molecule has 1 aromatic heterocycles. The lowest BCUT2D eigenvalue weighted by atomic mass is 9.89. The van der Waals surface area contributed by atoms with Gasteiger partial charge in [-0.05, 0) is 61.3 Å². The number of nitrogens with one attached hydrogen (secondary N) is 1. The van der Waals surface area contributed by atoms with E-state index in [0.717, 1.165) is 70.5 Å². The molecule has 0 aliphatic carbocycles. The summed E-state index contributed by atoms with van der Waals surface area (Å²) in [7, 11) is 0. The zero-order chi connectivity index (χ0) is 27.5. The molecule has 39 heavy (non-hydrogen) atoms. The van der Waals surface area contributed by atoms with Gasteiger partial charge in [0.15, 0.2) is 23.2 Å². The predicted molar refractivity (Wildman–Crippen MR) is 148 cm³/mol. The van der Waals surface area contributed by atoms with E-state index in [0.29, 0.717) is 17.9 Å². The van der Waals surface area contributed by atoms with Gasteiger partial charge in [-0.2, -0.15) is 0 Å². The predicted octanol–water partition coefficient (Wildman–Crippen LogP) is 6.50. The van der Waals surface area contributed by atoms with Gasteiger partial charge >= 0.3 is 0 Å². The second kappa shape index (κ2) is 12.0. The molecule has 5 nitrogen and oxygen atoms in total. The number of rotatable bonds is 8. The van der Waals surface area contributed by atoms with Gasteiger partial charge in [0, 0.05) is 73.7 Å². The van der Waals surface area contributed by atoms with Crippen molar-refractivity contribution < 1.29 is 18.0 Å². The second-order valence-corrected chi connectivity index (χ2v) is 11.2. The van der Waals surface area contributed by atoms with Crippen LogP contribution >= 0.6 is 0 Å². The number of likely N-dealkylation sites (tertiary alicyclic amines) is 1. The third kappa shape index (κ3) is 6.23. The van der Waals surface area contributed by atoms with Crippen molar-refractivity contribution in [2.45, 2.75) is 51.5 Å². The molecule has 2 aliphatic heterocycles. The molecule has 3 heterocycles. The van der Waals surface area contributed by atoms with Gasteiger partial charge in [0.2, 0.25) is 0 Å². The number of hydrogen-bond acceptors (Lipinski definition) is 4. The standard InChI is InChI=1S/C31H37F3N4O/c1-21(2)20-38(37-15-7-22(8-16-37)26-19-35-29-6-4-3-5-25(26)29)24-9-12-36(13-10-24)14-11-30(39)23-17-27(32)31(34)28(33)18-23/h3-6,11,14,17-19,21-22,24,35H,7-10,12-13,15-16,20H2,1-2H3. The highest BCUT2D eigenvalue weighted by Crippen LogP contribution is 2.34. The number of aromatic amines is 1. The van der Waals surface area contributed by atoms with Crippen molar-refractivity contribution in [2.24, 2.45) is 5.92 Å². The summed E-state index contributed by atoms with van der Waals surface area (Å²) in [6.45, 7) is 9.19. The van der Waals surface area contributed by atoms with Crippen LogP contribution in [-0.4, -0.2) is 64.5 Å². The Kier molecular flexibility index (Phi) is 8.43. The SMILES string of the molecule is CC(C)CN(C1CCN(C=CC(=O)c2cc(F)c(F)c(F)c2)CC1)N1CCC(c2c[nH]c3ccccc23)CC1. The molecular weight excluding hydrogens is 501 g/mol. The molecule has 0 spiro atoms. The Morgan fingerprint density at radius 1 is 1.03 bits per heavy atom. The number of aromatic nitrogens is 1. The van der Waals surface area contributed by atoms with E-state index in [-0.39, 0.29) is 5.56 Å². The number of H-pyrrole nitrogens is 1. The lowest BCUT2D eigenvalue weighted by molar-refractivity contribution is -0.0943. The van der Waals surface area contributed by atoms with Crippen LogP contribution < -0.4 is 0 Å². The van der Waals surface area contributed by atoms with Gasteiger partial charge in [-0.3, -0.25) is 4.79 Å². The number of benzene rings is 2. The summed E-state index contributed by atoms with van der Waals surface area (Å²) >= 11 is 0. The van der Waals surface area contributed by atoms with Crippen LogP contribution in [0.3, 0.4) is 0 Å². The zero-order valence-electron chi connectivity index (χ0n) is 22.7. The Morgan fingerprint density at radius 2 is 1.69 bits per heavy atom. The Morgan fingerprint density at radius 3 is 2.36 bits per heavy atom. The summed E-state index contributed by atoms with van der Waals surface area (Å²) in [5.41, 5.74) is 2.44. The molecule has 0 amide bonds. The molecule has 0 unspecified atom stereocenters. The third-order valence-corrected chi connectivity index (χ3v) is 8.07. The molecule has 0 bridgehead atoms. The van der Waals surface area contributed by atoms with E-state index >= 15 is 0 Å². The van der Waals surface area contributed by atoms with E-state index in [9.17, 15) is 18.0 Å². The van der Waals surface area contributed by atoms with Gasteiger partial charge in [-0.1, -0.05) is 32.0 Å². The number of piperidine rings is 2. The highest BCUT2D eigenvalue weighted by Gasteiger charge is 2.32. The first-order valence-corrected chi connectivity index (χ1v) is 14.0. The third-order valence-electron chi connectivity index (χ3n) is 8.07. The fourth-order valence-electron chi connectivity index (χ4n) is 6.04. The van der Waals surface area contributed by atoms with Crippen LogP contribution in [-0.2, 0) is 0 Å². The smallest absolute Gasteiger partial charge is 0.194 e. The van der Waals surface area contributed by atoms with Crippen molar-refractivity contribution in [3.63, 3.8) is 0 Å². The monoisotopic (exact) mass is 538 g/mol. The normalized spacial score (nSPS) is 18.3. The van der Waals surface area contributed by atoms with Crippen LogP contribution in [0.15, 0.2) is 54.9 Å². The lowest BCUT2D eigenvalue weighted by Gasteiger charge is -2.47. The highest BCUT2D eigenvalue weighted by molar-refractivity contribution is 6.04. The number of hydrazine groups is 1. The number of carbonyl (C=O) groups excluding carboxylic acids is 1. The van der Waals surface area contributed by atoms with Crippen molar-refractivity contribution in [2.75, 3.05) is 32.7 Å². The molecule has 2 aliphatic rings. The van der Waals surface area contributed by atoms with Crippen LogP contribution in [0.2, 0.25) is 0 Å². The van der Waals surface area contributed by atoms with E-state index in [1.807, 2.05) is 0 Å². The molecule has 208 valence electrons. The summed E-state index contributed by atoms with van der Waals surface area (Å²) in [6, 6.07) is 10.4. The summed E-state index contributed by atoms with van der Waals surface area (Å²) in [5, 5.41) is 6.48. The largest absolute Gasteiger partial charge is 0.377 e.